The molecule has 2 aromatic carbocycles. The quantitative estimate of drug-likeness (QED) is 0.752. The predicted molar refractivity (Wildman–Crippen MR) is 91.7 cm³/mol. The van der Waals surface area contributed by atoms with E-state index in [1.165, 1.54) is 19.1 Å². The second kappa shape index (κ2) is 7.00. The van der Waals surface area contributed by atoms with Gasteiger partial charge in [0.1, 0.15) is 5.82 Å². The fourth-order valence-corrected chi connectivity index (χ4v) is 2.12. The molecule has 0 radical (unpaired) electrons. The maximum atomic E-state index is 13.1. The van der Waals surface area contributed by atoms with Gasteiger partial charge in [-0.05, 0) is 67.2 Å². The highest BCUT2D eigenvalue weighted by Crippen LogP contribution is 2.17. The molecular weight excluding hydrogens is 301 g/mol. The lowest BCUT2D eigenvalue weighted by molar-refractivity contribution is -0.114. The molecular formula is C16H16FN3OS. The molecule has 0 atom stereocenters. The molecule has 0 saturated carbocycles. The van der Waals surface area contributed by atoms with Crippen molar-refractivity contribution in [1.82, 2.24) is 0 Å². The molecule has 0 bridgehead atoms. The molecule has 0 heterocycles. The minimum atomic E-state index is -0.282. The number of carbonyl (C=O) groups excluding carboxylic acids is 1. The van der Waals surface area contributed by atoms with E-state index in [4.69, 9.17) is 12.2 Å². The van der Waals surface area contributed by atoms with Crippen LogP contribution in [0.15, 0.2) is 42.5 Å². The maximum absolute atomic E-state index is 13.1. The van der Waals surface area contributed by atoms with Crippen LogP contribution >= 0.6 is 12.2 Å². The van der Waals surface area contributed by atoms with Crippen LogP contribution in [-0.2, 0) is 4.79 Å². The zero-order valence-electron chi connectivity index (χ0n) is 12.2. The summed E-state index contributed by atoms with van der Waals surface area (Å²) < 4.78 is 13.1. The van der Waals surface area contributed by atoms with Crippen LogP contribution in [0.2, 0.25) is 0 Å². The Bertz CT molecular complexity index is 701. The monoisotopic (exact) mass is 317 g/mol. The lowest BCUT2D eigenvalue weighted by atomic mass is 10.2. The molecule has 0 aliphatic heterocycles. The van der Waals surface area contributed by atoms with E-state index < -0.39 is 0 Å². The van der Waals surface area contributed by atoms with E-state index in [1.54, 1.807) is 37.3 Å². The summed E-state index contributed by atoms with van der Waals surface area (Å²) in [6.07, 6.45) is 0. The number of amides is 1. The molecule has 0 spiro atoms. The molecule has 1 amide bonds. The molecule has 2 aromatic rings. The van der Waals surface area contributed by atoms with Crippen LogP contribution in [-0.4, -0.2) is 11.0 Å². The summed E-state index contributed by atoms with van der Waals surface area (Å²) in [4.78, 5) is 11.0. The summed E-state index contributed by atoms with van der Waals surface area (Å²) in [7, 11) is 0. The summed E-state index contributed by atoms with van der Waals surface area (Å²) in [5, 5.41) is 9.14. The Hall–Kier alpha value is -2.47. The number of hydrogen-bond acceptors (Lipinski definition) is 2. The molecule has 0 saturated heterocycles. The number of benzene rings is 2. The first-order valence-electron chi connectivity index (χ1n) is 6.66. The molecule has 4 nitrogen and oxygen atoms in total. The second-order valence-electron chi connectivity index (χ2n) is 4.80. The van der Waals surface area contributed by atoms with Crippen LogP contribution in [0.4, 0.5) is 21.5 Å². The van der Waals surface area contributed by atoms with Gasteiger partial charge in [-0.2, -0.15) is 0 Å². The molecule has 114 valence electrons. The van der Waals surface area contributed by atoms with Crippen molar-refractivity contribution in [1.29, 1.82) is 0 Å². The molecule has 0 aliphatic rings. The van der Waals surface area contributed by atoms with Crippen molar-refractivity contribution >= 4 is 40.3 Å². The highest BCUT2D eigenvalue weighted by atomic mass is 32.1. The van der Waals surface area contributed by atoms with Crippen molar-refractivity contribution in [3.8, 4) is 0 Å². The van der Waals surface area contributed by atoms with E-state index in [1.807, 2.05) is 0 Å². The van der Waals surface area contributed by atoms with Crippen LogP contribution < -0.4 is 16.0 Å². The Balaban J connectivity index is 1.98. The molecule has 2 rings (SSSR count). The van der Waals surface area contributed by atoms with Gasteiger partial charge in [0.15, 0.2) is 5.11 Å². The molecule has 0 aromatic heterocycles. The number of rotatable bonds is 3. The minimum Gasteiger partial charge on any atom is -0.332 e. The number of anilines is 3. The smallest absolute Gasteiger partial charge is 0.221 e. The normalized spacial score (nSPS) is 9.95. The number of aryl methyl sites for hydroxylation is 1. The van der Waals surface area contributed by atoms with Crippen molar-refractivity contribution in [2.24, 2.45) is 0 Å². The first kappa shape index (κ1) is 15.9. The lowest BCUT2D eigenvalue weighted by Crippen LogP contribution is -2.19. The molecule has 6 heteroatoms. The largest absolute Gasteiger partial charge is 0.332 e. The van der Waals surface area contributed by atoms with Gasteiger partial charge in [0.05, 0.1) is 0 Å². The Morgan fingerprint density at radius 2 is 1.59 bits per heavy atom. The van der Waals surface area contributed by atoms with Gasteiger partial charge in [0.2, 0.25) is 5.91 Å². The topological polar surface area (TPSA) is 53.2 Å². The zero-order valence-corrected chi connectivity index (χ0v) is 13.1. The Morgan fingerprint density at radius 3 is 2.14 bits per heavy atom. The standard InChI is InChI=1S/C16H16FN3OS/c1-10-9-12(17)3-8-15(10)20-16(22)19-14-6-4-13(5-7-14)18-11(2)21/h3-9H,1-2H3,(H,18,21)(H2,19,20,22). The Labute approximate surface area is 133 Å². The highest BCUT2D eigenvalue weighted by Gasteiger charge is 2.03. The van der Waals surface area contributed by atoms with E-state index in [0.29, 0.717) is 10.8 Å². The van der Waals surface area contributed by atoms with E-state index in [2.05, 4.69) is 16.0 Å². The average molecular weight is 317 g/mol. The number of nitrogens with one attached hydrogen (secondary N) is 3. The van der Waals surface area contributed by atoms with E-state index in [0.717, 1.165) is 16.9 Å². The van der Waals surface area contributed by atoms with E-state index in [-0.39, 0.29) is 11.7 Å². The van der Waals surface area contributed by atoms with Gasteiger partial charge in [0.25, 0.3) is 0 Å². The minimum absolute atomic E-state index is 0.121. The third-order valence-corrected chi connectivity index (χ3v) is 3.10. The Morgan fingerprint density at radius 1 is 1.00 bits per heavy atom. The first-order chi connectivity index (χ1) is 10.4. The molecule has 22 heavy (non-hydrogen) atoms. The SMILES string of the molecule is CC(=O)Nc1ccc(NC(=S)Nc2ccc(F)cc2C)cc1. The summed E-state index contributed by atoms with van der Waals surface area (Å²) in [6.45, 7) is 3.26. The summed E-state index contributed by atoms with van der Waals surface area (Å²) >= 11 is 5.23. The van der Waals surface area contributed by atoms with Crippen molar-refractivity contribution in [3.05, 3.63) is 53.8 Å². The maximum Gasteiger partial charge on any atom is 0.221 e. The van der Waals surface area contributed by atoms with Crippen molar-refractivity contribution in [3.63, 3.8) is 0 Å². The molecule has 0 fully saturated rings. The van der Waals surface area contributed by atoms with Crippen molar-refractivity contribution < 1.29 is 9.18 Å². The van der Waals surface area contributed by atoms with Gasteiger partial charge in [-0.15, -0.1) is 0 Å². The van der Waals surface area contributed by atoms with Crippen molar-refractivity contribution in [2.75, 3.05) is 16.0 Å². The average Bonchev–Trinajstić information content (AvgIpc) is 2.43. The van der Waals surface area contributed by atoms with Gasteiger partial charge in [0, 0.05) is 24.0 Å². The van der Waals surface area contributed by atoms with E-state index in [9.17, 15) is 9.18 Å². The lowest BCUT2D eigenvalue weighted by Gasteiger charge is -2.13. The van der Waals surface area contributed by atoms with Gasteiger partial charge < -0.3 is 16.0 Å². The summed E-state index contributed by atoms with van der Waals surface area (Å²) in [5.41, 5.74) is 3.01. The number of carbonyl (C=O) groups is 1. The number of hydrogen-bond donors (Lipinski definition) is 3. The van der Waals surface area contributed by atoms with Gasteiger partial charge in [-0.3, -0.25) is 4.79 Å². The zero-order chi connectivity index (χ0) is 16.1. The van der Waals surface area contributed by atoms with Crippen LogP contribution in [0.5, 0.6) is 0 Å². The fraction of sp³-hybridized carbons (Fsp3) is 0.125. The fourth-order valence-electron chi connectivity index (χ4n) is 1.89. The van der Waals surface area contributed by atoms with Crippen LogP contribution in [0.1, 0.15) is 12.5 Å². The number of thiocarbonyl (C=S) groups is 1. The molecule has 0 aliphatic carbocycles. The van der Waals surface area contributed by atoms with Gasteiger partial charge in [-0.25, -0.2) is 4.39 Å². The Kier molecular flexibility index (Phi) is 5.06. The first-order valence-corrected chi connectivity index (χ1v) is 7.06. The third kappa shape index (κ3) is 4.53. The molecule has 0 unspecified atom stereocenters. The van der Waals surface area contributed by atoms with Gasteiger partial charge >= 0.3 is 0 Å². The third-order valence-electron chi connectivity index (χ3n) is 2.90. The van der Waals surface area contributed by atoms with Crippen LogP contribution in [0.3, 0.4) is 0 Å². The predicted octanol–water partition coefficient (Wildman–Crippen LogP) is 3.90. The summed E-state index contributed by atoms with van der Waals surface area (Å²) in [6, 6.07) is 11.6. The highest BCUT2D eigenvalue weighted by molar-refractivity contribution is 7.80. The van der Waals surface area contributed by atoms with Crippen molar-refractivity contribution in [2.45, 2.75) is 13.8 Å². The van der Waals surface area contributed by atoms with Crippen LogP contribution in [0, 0.1) is 12.7 Å². The summed E-state index contributed by atoms with van der Waals surface area (Å²) in [5.74, 6) is -0.403. The second-order valence-corrected chi connectivity index (χ2v) is 5.21. The number of halogens is 1. The van der Waals surface area contributed by atoms with Gasteiger partial charge in [-0.1, -0.05) is 0 Å². The van der Waals surface area contributed by atoms with E-state index >= 15 is 0 Å². The molecule has 3 N–H and O–H groups in total. The van der Waals surface area contributed by atoms with Crippen LogP contribution in [0.25, 0.3) is 0 Å².